The van der Waals surface area contributed by atoms with E-state index >= 15 is 0 Å². The lowest BCUT2D eigenvalue weighted by molar-refractivity contribution is -0.122. The molecule has 0 unspecified atom stereocenters. The highest BCUT2D eigenvalue weighted by atomic mass is 32.2. The summed E-state index contributed by atoms with van der Waals surface area (Å²) in [5.41, 5.74) is 2.51. The van der Waals surface area contributed by atoms with Crippen molar-refractivity contribution in [1.82, 2.24) is 15.5 Å². The van der Waals surface area contributed by atoms with Gasteiger partial charge in [0.1, 0.15) is 5.82 Å². The second kappa shape index (κ2) is 9.99. The van der Waals surface area contributed by atoms with Gasteiger partial charge in [-0.25, -0.2) is 4.39 Å². The fraction of sp³-hybridized carbons (Fsp3) is 0.158. The Hall–Kier alpha value is -2.98. The molecule has 0 saturated carbocycles. The molecule has 0 aliphatic rings. The number of carbonyl (C=O) groups is 2. The van der Waals surface area contributed by atoms with Crippen LogP contribution in [0.1, 0.15) is 5.56 Å². The van der Waals surface area contributed by atoms with Crippen LogP contribution in [0.4, 0.5) is 20.9 Å². The number of nitrogens with zero attached hydrogens (tertiary/aromatic N) is 2. The minimum atomic E-state index is -0.393. The van der Waals surface area contributed by atoms with Crippen LogP contribution in [0.2, 0.25) is 0 Å². The van der Waals surface area contributed by atoms with E-state index in [-0.39, 0.29) is 24.0 Å². The number of thioether (sulfide) groups is 1. The number of halogens is 1. The zero-order valence-corrected chi connectivity index (χ0v) is 17.1. The standard InChI is InChI=1S/C19H18FN5O2S2/c1-12-3-2-4-15(9-12)23-18-24-25-19(29-18)28-11-17(27)21-10-16(26)22-14-7-5-13(20)6-8-14/h2-9H,10-11H2,1H3,(H,21,27)(H,22,26)(H,23,24). The number of aromatic nitrogens is 2. The van der Waals surface area contributed by atoms with Gasteiger partial charge in [-0.15, -0.1) is 10.2 Å². The summed E-state index contributed by atoms with van der Waals surface area (Å²) in [6.07, 6.45) is 0. The average Bonchev–Trinajstić information content (AvgIpc) is 3.14. The lowest BCUT2D eigenvalue weighted by Gasteiger charge is -2.06. The van der Waals surface area contributed by atoms with Crippen LogP contribution < -0.4 is 16.0 Å². The summed E-state index contributed by atoms with van der Waals surface area (Å²) >= 11 is 2.58. The molecular formula is C19H18FN5O2S2. The van der Waals surface area contributed by atoms with Crippen molar-refractivity contribution in [2.75, 3.05) is 22.9 Å². The first-order valence-electron chi connectivity index (χ1n) is 8.60. The number of carbonyl (C=O) groups excluding carboxylic acids is 2. The maximum Gasteiger partial charge on any atom is 0.243 e. The lowest BCUT2D eigenvalue weighted by atomic mass is 10.2. The Morgan fingerprint density at radius 2 is 1.86 bits per heavy atom. The van der Waals surface area contributed by atoms with E-state index in [1.54, 1.807) is 0 Å². The van der Waals surface area contributed by atoms with Gasteiger partial charge in [0.2, 0.25) is 16.9 Å². The number of aryl methyl sites for hydroxylation is 1. The quantitative estimate of drug-likeness (QED) is 0.472. The van der Waals surface area contributed by atoms with E-state index in [0.29, 0.717) is 15.2 Å². The van der Waals surface area contributed by atoms with Crippen molar-refractivity contribution in [3.05, 3.63) is 59.9 Å². The van der Waals surface area contributed by atoms with E-state index in [4.69, 9.17) is 0 Å². The van der Waals surface area contributed by atoms with E-state index in [0.717, 1.165) is 11.3 Å². The number of anilines is 3. The second-order valence-electron chi connectivity index (χ2n) is 5.99. The van der Waals surface area contributed by atoms with Gasteiger partial charge >= 0.3 is 0 Å². The van der Waals surface area contributed by atoms with Crippen molar-refractivity contribution in [2.45, 2.75) is 11.3 Å². The smallest absolute Gasteiger partial charge is 0.243 e. The Labute approximate surface area is 175 Å². The maximum atomic E-state index is 12.8. The van der Waals surface area contributed by atoms with Crippen LogP contribution >= 0.6 is 23.1 Å². The van der Waals surface area contributed by atoms with Gasteiger partial charge in [-0.05, 0) is 48.9 Å². The van der Waals surface area contributed by atoms with Gasteiger partial charge < -0.3 is 16.0 Å². The Bertz CT molecular complexity index is 994. The van der Waals surface area contributed by atoms with Crippen LogP contribution in [0.25, 0.3) is 0 Å². The highest BCUT2D eigenvalue weighted by Crippen LogP contribution is 2.27. The third-order valence-electron chi connectivity index (χ3n) is 3.58. The fourth-order valence-corrected chi connectivity index (χ4v) is 3.86. The molecule has 7 nitrogen and oxygen atoms in total. The molecule has 3 N–H and O–H groups in total. The van der Waals surface area contributed by atoms with Gasteiger partial charge in [0.25, 0.3) is 0 Å². The zero-order valence-electron chi connectivity index (χ0n) is 15.4. The SMILES string of the molecule is Cc1cccc(Nc2nnc(SCC(=O)NCC(=O)Nc3ccc(F)cc3)s2)c1. The number of benzene rings is 2. The molecule has 0 bridgehead atoms. The average molecular weight is 432 g/mol. The van der Waals surface area contributed by atoms with Gasteiger partial charge in [0.15, 0.2) is 4.34 Å². The molecule has 0 atom stereocenters. The number of nitrogens with one attached hydrogen (secondary N) is 3. The molecule has 3 aromatic rings. The first-order valence-corrected chi connectivity index (χ1v) is 10.4. The molecule has 2 amide bonds. The van der Waals surface area contributed by atoms with E-state index in [1.165, 1.54) is 47.4 Å². The molecule has 3 rings (SSSR count). The molecule has 0 radical (unpaired) electrons. The Morgan fingerprint density at radius 1 is 1.07 bits per heavy atom. The number of amides is 2. The van der Waals surface area contributed by atoms with Crippen LogP contribution in [0, 0.1) is 12.7 Å². The van der Waals surface area contributed by atoms with Gasteiger partial charge in [-0.2, -0.15) is 0 Å². The van der Waals surface area contributed by atoms with Gasteiger partial charge in [0, 0.05) is 11.4 Å². The van der Waals surface area contributed by atoms with E-state index in [1.807, 2.05) is 31.2 Å². The van der Waals surface area contributed by atoms with Crippen molar-refractivity contribution in [3.63, 3.8) is 0 Å². The molecule has 10 heteroatoms. The Balaban J connectivity index is 1.39. The number of rotatable bonds is 8. The molecule has 29 heavy (non-hydrogen) atoms. The van der Waals surface area contributed by atoms with Crippen molar-refractivity contribution in [2.24, 2.45) is 0 Å². The van der Waals surface area contributed by atoms with Crippen LogP contribution in [0.15, 0.2) is 52.9 Å². The topological polar surface area (TPSA) is 96.0 Å². The molecule has 2 aromatic carbocycles. The minimum Gasteiger partial charge on any atom is -0.346 e. The van der Waals surface area contributed by atoms with E-state index in [9.17, 15) is 14.0 Å². The van der Waals surface area contributed by atoms with Crippen LogP contribution in [-0.4, -0.2) is 34.3 Å². The fourth-order valence-electron chi connectivity index (χ4n) is 2.26. The third-order valence-corrected chi connectivity index (χ3v) is 5.55. The van der Waals surface area contributed by atoms with Gasteiger partial charge in [0.05, 0.1) is 12.3 Å². The summed E-state index contributed by atoms with van der Waals surface area (Å²) in [7, 11) is 0. The lowest BCUT2D eigenvalue weighted by Crippen LogP contribution is -2.33. The Morgan fingerprint density at radius 3 is 2.62 bits per heavy atom. The predicted octanol–water partition coefficient (Wildman–Crippen LogP) is 3.58. The largest absolute Gasteiger partial charge is 0.346 e. The maximum absolute atomic E-state index is 12.8. The highest BCUT2D eigenvalue weighted by molar-refractivity contribution is 8.01. The van der Waals surface area contributed by atoms with Crippen molar-refractivity contribution in [3.8, 4) is 0 Å². The number of hydrogen-bond acceptors (Lipinski definition) is 7. The highest BCUT2D eigenvalue weighted by Gasteiger charge is 2.10. The second-order valence-corrected chi connectivity index (χ2v) is 8.19. The molecule has 0 fully saturated rings. The van der Waals surface area contributed by atoms with E-state index < -0.39 is 5.91 Å². The normalized spacial score (nSPS) is 10.4. The van der Waals surface area contributed by atoms with Crippen LogP contribution in [0.3, 0.4) is 0 Å². The molecule has 150 valence electrons. The first-order chi connectivity index (χ1) is 14.0. The van der Waals surface area contributed by atoms with Crippen LogP contribution in [-0.2, 0) is 9.59 Å². The predicted molar refractivity (Wildman–Crippen MR) is 113 cm³/mol. The first kappa shape index (κ1) is 20.7. The zero-order chi connectivity index (χ0) is 20.6. The number of hydrogen-bond donors (Lipinski definition) is 3. The van der Waals surface area contributed by atoms with Crippen molar-refractivity contribution < 1.29 is 14.0 Å². The molecule has 0 aliphatic heterocycles. The summed E-state index contributed by atoms with van der Waals surface area (Å²) in [4.78, 5) is 23.8. The molecule has 0 spiro atoms. The summed E-state index contributed by atoms with van der Waals surface area (Å²) < 4.78 is 13.5. The third kappa shape index (κ3) is 6.84. The minimum absolute atomic E-state index is 0.114. The Kier molecular flexibility index (Phi) is 7.14. The van der Waals surface area contributed by atoms with Crippen molar-refractivity contribution in [1.29, 1.82) is 0 Å². The van der Waals surface area contributed by atoms with Gasteiger partial charge in [-0.1, -0.05) is 35.2 Å². The molecule has 1 heterocycles. The molecule has 0 saturated heterocycles. The molecule has 0 aliphatic carbocycles. The summed E-state index contributed by atoms with van der Waals surface area (Å²) in [6.45, 7) is 1.83. The molecular weight excluding hydrogens is 413 g/mol. The summed E-state index contributed by atoms with van der Waals surface area (Å²) in [5, 5.41) is 17.0. The van der Waals surface area contributed by atoms with Crippen molar-refractivity contribution >= 4 is 51.4 Å². The monoisotopic (exact) mass is 431 g/mol. The van der Waals surface area contributed by atoms with Crippen LogP contribution in [0.5, 0.6) is 0 Å². The van der Waals surface area contributed by atoms with Gasteiger partial charge in [-0.3, -0.25) is 9.59 Å². The summed E-state index contributed by atoms with van der Waals surface area (Å²) in [6, 6.07) is 13.3. The van der Waals surface area contributed by atoms with E-state index in [2.05, 4.69) is 26.1 Å². The molecule has 1 aromatic heterocycles. The summed E-state index contributed by atoms with van der Waals surface area (Å²) in [5.74, 6) is -0.964.